The average Bonchev–Trinajstić information content (AvgIpc) is 2.31. The first-order valence-corrected chi connectivity index (χ1v) is 5.86. The number of hydrogen-bond donors (Lipinski definition) is 0. The molecule has 1 aromatic carbocycles. The van der Waals surface area contributed by atoms with E-state index < -0.39 is 6.04 Å². The highest BCUT2D eigenvalue weighted by molar-refractivity contribution is 5.77. The van der Waals surface area contributed by atoms with Crippen LogP contribution in [0, 0.1) is 23.1 Å². The summed E-state index contributed by atoms with van der Waals surface area (Å²) in [5, 5.41) is 9.16. The minimum atomic E-state index is -0.670. The van der Waals surface area contributed by atoms with Gasteiger partial charge in [0, 0.05) is 13.5 Å². The fourth-order valence-electron chi connectivity index (χ4n) is 1.67. The molecule has 0 aliphatic heterocycles. The van der Waals surface area contributed by atoms with Gasteiger partial charge in [0.2, 0.25) is 5.91 Å². The second kappa shape index (κ2) is 6.15. The second-order valence-electron chi connectivity index (χ2n) is 4.69. The molecule has 0 aromatic heterocycles. The maximum Gasteiger partial charge on any atom is 0.223 e. The normalized spacial score (nSPS) is 12.0. The Morgan fingerprint density at radius 3 is 2.39 bits per heavy atom. The third kappa shape index (κ3) is 3.56. The number of amides is 1. The molecular weight excluding hydrogens is 231 g/mol. The number of nitrogens with zero attached hydrogens (tertiary/aromatic N) is 2. The molecule has 0 fully saturated rings. The van der Waals surface area contributed by atoms with Crippen molar-refractivity contribution in [2.75, 3.05) is 7.05 Å². The predicted molar refractivity (Wildman–Crippen MR) is 67.0 cm³/mol. The summed E-state index contributed by atoms with van der Waals surface area (Å²) >= 11 is 0. The standard InChI is InChI=1S/C14H17FN2O/c1-10(2)8-14(18)17(3)13(9-16)11-4-6-12(15)7-5-11/h4-7,10,13H,8H2,1-3H3. The van der Waals surface area contributed by atoms with Crippen molar-refractivity contribution in [2.24, 2.45) is 5.92 Å². The highest BCUT2D eigenvalue weighted by atomic mass is 19.1. The number of carbonyl (C=O) groups excluding carboxylic acids is 1. The van der Waals surface area contributed by atoms with Crippen molar-refractivity contribution < 1.29 is 9.18 Å². The molecule has 1 aromatic rings. The number of benzene rings is 1. The van der Waals surface area contributed by atoms with Crippen LogP contribution in [0.25, 0.3) is 0 Å². The number of halogens is 1. The lowest BCUT2D eigenvalue weighted by atomic mass is 10.0. The first-order chi connectivity index (χ1) is 8.45. The molecule has 0 saturated carbocycles. The third-order valence-electron chi connectivity index (χ3n) is 2.67. The van der Waals surface area contributed by atoms with Crippen molar-refractivity contribution >= 4 is 5.91 Å². The van der Waals surface area contributed by atoms with E-state index in [4.69, 9.17) is 5.26 Å². The molecule has 18 heavy (non-hydrogen) atoms. The Morgan fingerprint density at radius 1 is 1.39 bits per heavy atom. The average molecular weight is 248 g/mol. The molecule has 4 heteroatoms. The number of nitriles is 1. The van der Waals surface area contributed by atoms with Crippen molar-refractivity contribution in [3.63, 3.8) is 0 Å². The van der Waals surface area contributed by atoms with E-state index in [1.165, 1.54) is 29.2 Å². The number of carbonyl (C=O) groups is 1. The van der Waals surface area contributed by atoms with Crippen LogP contribution in [0.3, 0.4) is 0 Å². The maximum absolute atomic E-state index is 12.8. The molecule has 1 atom stereocenters. The van der Waals surface area contributed by atoms with Gasteiger partial charge >= 0.3 is 0 Å². The zero-order valence-corrected chi connectivity index (χ0v) is 10.9. The van der Waals surface area contributed by atoms with Gasteiger partial charge in [-0.2, -0.15) is 5.26 Å². The van der Waals surface area contributed by atoms with Crippen LogP contribution in [0.2, 0.25) is 0 Å². The minimum absolute atomic E-state index is 0.0825. The first-order valence-electron chi connectivity index (χ1n) is 5.86. The summed E-state index contributed by atoms with van der Waals surface area (Å²) in [6, 6.07) is 7.05. The van der Waals surface area contributed by atoms with Crippen LogP contribution in [-0.4, -0.2) is 17.9 Å². The lowest BCUT2D eigenvalue weighted by molar-refractivity contribution is -0.131. The highest BCUT2D eigenvalue weighted by Crippen LogP contribution is 2.20. The molecule has 0 saturated heterocycles. The van der Waals surface area contributed by atoms with Crippen LogP contribution in [0.15, 0.2) is 24.3 Å². The van der Waals surface area contributed by atoms with Gasteiger partial charge in [-0.05, 0) is 23.6 Å². The topological polar surface area (TPSA) is 44.1 Å². The summed E-state index contributed by atoms with van der Waals surface area (Å²) < 4.78 is 12.8. The van der Waals surface area contributed by atoms with Crippen LogP contribution < -0.4 is 0 Å². The van der Waals surface area contributed by atoms with Gasteiger partial charge in [-0.15, -0.1) is 0 Å². The number of rotatable bonds is 4. The van der Waals surface area contributed by atoms with Crippen LogP contribution in [-0.2, 0) is 4.79 Å². The SMILES string of the molecule is CC(C)CC(=O)N(C)C(C#N)c1ccc(F)cc1. The Bertz CT molecular complexity index is 448. The Labute approximate surface area is 107 Å². The van der Waals surface area contributed by atoms with Crippen LogP contribution in [0.1, 0.15) is 31.9 Å². The van der Waals surface area contributed by atoms with Gasteiger partial charge in [0.1, 0.15) is 11.9 Å². The van der Waals surface area contributed by atoms with Gasteiger partial charge in [-0.25, -0.2) is 4.39 Å². The van der Waals surface area contributed by atoms with E-state index in [0.29, 0.717) is 12.0 Å². The fraction of sp³-hybridized carbons (Fsp3) is 0.429. The highest BCUT2D eigenvalue weighted by Gasteiger charge is 2.21. The quantitative estimate of drug-likeness (QED) is 0.822. The van der Waals surface area contributed by atoms with E-state index in [-0.39, 0.29) is 17.6 Å². The molecule has 0 heterocycles. The zero-order valence-electron chi connectivity index (χ0n) is 10.9. The van der Waals surface area contributed by atoms with Gasteiger partial charge in [0.15, 0.2) is 0 Å². The molecule has 0 N–H and O–H groups in total. The Hall–Kier alpha value is -1.89. The molecule has 1 rings (SSSR count). The summed E-state index contributed by atoms with van der Waals surface area (Å²) in [7, 11) is 1.60. The molecule has 0 spiro atoms. The van der Waals surface area contributed by atoms with E-state index >= 15 is 0 Å². The van der Waals surface area contributed by atoms with Gasteiger partial charge in [0.25, 0.3) is 0 Å². The molecule has 0 bridgehead atoms. The number of hydrogen-bond acceptors (Lipinski definition) is 2. The smallest absolute Gasteiger partial charge is 0.223 e. The minimum Gasteiger partial charge on any atom is -0.326 e. The Morgan fingerprint density at radius 2 is 1.94 bits per heavy atom. The molecular formula is C14H17FN2O. The largest absolute Gasteiger partial charge is 0.326 e. The molecule has 0 aliphatic carbocycles. The van der Waals surface area contributed by atoms with Crippen molar-refractivity contribution in [2.45, 2.75) is 26.3 Å². The second-order valence-corrected chi connectivity index (χ2v) is 4.69. The molecule has 1 unspecified atom stereocenters. The summed E-state index contributed by atoms with van der Waals surface area (Å²) in [6.45, 7) is 3.90. The molecule has 1 amide bonds. The lowest BCUT2D eigenvalue weighted by Gasteiger charge is -2.23. The van der Waals surface area contributed by atoms with Gasteiger partial charge in [0.05, 0.1) is 6.07 Å². The van der Waals surface area contributed by atoms with Crippen molar-refractivity contribution in [3.05, 3.63) is 35.6 Å². The lowest BCUT2D eigenvalue weighted by Crippen LogP contribution is -2.31. The van der Waals surface area contributed by atoms with Gasteiger partial charge in [-0.3, -0.25) is 4.79 Å². The van der Waals surface area contributed by atoms with Crippen molar-refractivity contribution in [3.8, 4) is 6.07 Å². The van der Waals surface area contributed by atoms with Crippen LogP contribution in [0.4, 0.5) is 4.39 Å². The zero-order chi connectivity index (χ0) is 13.7. The summed E-state index contributed by atoms with van der Waals surface area (Å²) in [5.41, 5.74) is 0.624. The molecule has 3 nitrogen and oxygen atoms in total. The van der Waals surface area contributed by atoms with E-state index in [1.54, 1.807) is 7.05 Å². The molecule has 0 radical (unpaired) electrons. The summed E-state index contributed by atoms with van der Waals surface area (Å²) in [4.78, 5) is 13.3. The maximum atomic E-state index is 12.8. The van der Waals surface area contributed by atoms with E-state index in [9.17, 15) is 9.18 Å². The van der Waals surface area contributed by atoms with Gasteiger partial charge in [-0.1, -0.05) is 26.0 Å². The van der Waals surface area contributed by atoms with Crippen molar-refractivity contribution in [1.82, 2.24) is 4.90 Å². The molecule has 0 aliphatic rings. The van der Waals surface area contributed by atoms with Crippen LogP contribution in [0.5, 0.6) is 0 Å². The van der Waals surface area contributed by atoms with Crippen LogP contribution >= 0.6 is 0 Å². The predicted octanol–water partition coefficient (Wildman–Crippen LogP) is 2.89. The van der Waals surface area contributed by atoms with E-state index in [2.05, 4.69) is 6.07 Å². The van der Waals surface area contributed by atoms with E-state index in [0.717, 1.165) is 0 Å². The van der Waals surface area contributed by atoms with Crippen molar-refractivity contribution in [1.29, 1.82) is 5.26 Å². The summed E-state index contributed by atoms with van der Waals surface area (Å²) in [6.07, 6.45) is 0.399. The fourth-order valence-corrected chi connectivity index (χ4v) is 1.67. The molecule has 96 valence electrons. The Kier molecular flexibility index (Phi) is 4.85. The summed E-state index contributed by atoms with van der Waals surface area (Å²) in [5.74, 6) is -0.194. The van der Waals surface area contributed by atoms with E-state index in [1.807, 2.05) is 13.8 Å². The monoisotopic (exact) mass is 248 g/mol. The first kappa shape index (κ1) is 14.2. The third-order valence-corrected chi connectivity index (χ3v) is 2.67. The van der Waals surface area contributed by atoms with Gasteiger partial charge < -0.3 is 4.90 Å². The Balaban J connectivity index is 2.87.